The maximum Gasteiger partial charge on any atom is 0.416 e. The molecule has 0 saturated carbocycles. The summed E-state index contributed by atoms with van der Waals surface area (Å²) in [4.78, 5) is 12.0. The van der Waals surface area contributed by atoms with Gasteiger partial charge in [0, 0.05) is 5.69 Å². The van der Waals surface area contributed by atoms with Gasteiger partial charge in [-0.1, -0.05) is 23.7 Å². The monoisotopic (exact) mass is 356 g/mol. The fraction of sp³-hybridized carbons (Fsp3) is 0.235. The second kappa shape index (κ2) is 7.13. The molecule has 3 nitrogen and oxygen atoms in total. The number of hydrogen-bond donors (Lipinski definition) is 2. The Balaban J connectivity index is 2.02. The van der Waals surface area contributed by atoms with Crippen LogP contribution >= 0.6 is 11.6 Å². The number of anilines is 2. The van der Waals surface area contributed by atoms with Gasteiger partial charge in [-0.05, 0) is 49.2 Å². The number of carbonyl (C=O) groups is 1. The Kier molecular flexibility index (Phi) is 5.39. The van der Waals surface area contributed by atoms with Crippen LogP contribution in [0.4, 0.5) is 24.5 Å². The Bertz CT molecular complexity index is 737. The second-order valence-corrected chi connectivity index (χ2v) is 5.83. The van der Waals surface area contributed by atoms with Gasteiger partial charge in [0.1, 0.15) is 0 Å². The van der Waals surface area contributed by atoms with E-state index in [1.54, 1.807) is 6.07 Å². The lowest BCUT2D eigenvalue weighted by molar-refractivity contribution is -0.137. The molecule has 0 spiro atoms. The number of amides is 1. The number of benzene rings is 2. The molecule has 0 aliphatic rings. The molecule has 2 rings (SSSR count). The van der Waals surface area contributed by atoms with E-state index in [9.17, 15) is 18.0 Å². The quantitative estimate of drug-likeness (QED) is 0.807. The summed E-state index contributed by atoms with van der Waals surface area (Å²) in [6.07, 6.45) is -4.42. The minimum Gasteiger partial charge on any atom is -0.376 e. The average molecular weight is 357 g/mol. The molecule has 0 radical (unpaired) electrons. The molecule has 0 aliphatic carbocycles. The largest absolute Gasteiger partial charge is 0.416 e. The molecule has 0 unspecified atom stereocenters. The first-order valence-corrected chi connectivity index (χ1v) is 7.52. The van der Waals surface area contributed by atoms with E-state index in [2.05, 4.69) is 10.6 Å². The van der Waals surface area contributed by atoms with Gasteiger partial charge in [0.25, 0.3) is 0 Å². The molecule has 1 amide bonds. The lowest BCUT2D eigenvalue weighted by Gasteiger charge is -2.13. The first-order valence-electron chi connectivity index (χ1n) is 7.14. The third-order valence-electron chi connectivity index (χ3n) is 3.34. The summed E-state index contributed by atoms with van der Waals surface area (Å²) in [5, 5.41) is 5.75. The lowest BCUT2D eigenvalue weighted by Crippen LogP contribution is -2.22. The predicted octanol–water partition coefficient (Wildman–Crippen LogP) is 5.03. The summed E-state index contributed by atoms with van der Waals surface area (Å²) in [5.74, 6) is -0.402. The zero-order valence-corrected chi connectivity index (χ0v) is 13.8. The van der Waals surface area contributed by atoms with E-state index in [0.29, 0.717) is 10.7 Å². The van der Waals surface area contributed by atoms with Crippen molar-refractivity contribution in [3.8, 4) is 0 Å². The summed E-state index contributed by atoms with van der Waals surface area (Å²) >= 11 is 6.11. The Hall–Kier alpha value is -2.21. The van der Waals surface area contributed by atoms with E-state index in [1.165, 1.54) is 12.1 Å². The first-order chi connectivity index (χ1) is 11.2. The summed E-state index contributed by atoms with van der Waals surface area (Å²) in [5.41, 5.74) is 1.72. The topological polar surface area (TPSA) is 41.1 Å². The van der Waals surface area contributed by atoms with Crippen LogP contribution in [0.3, 0.4) is 0 Å². The maximum atomic E-state index is 12.7. The van der Waals surface area contributed by atoms with Crippen molar-refractivity contribution in [1.29, 1.82) is 0 Å². The maximum absolute atomic E-state index is 12.7. The van der Waals surface area contributed by atoms with Gasteiger partial charge in [-0.3, -0.25) is 4.79 Å². The summed E-state index contributed by atoms with van der Waals surface area (Å²) < 4.78 is 38.0. The van der Waals surface area contributed by atoms with Gasteiger partial charge >= 0.3 is 6.18 Å². The molecule has 128 valence electrons. The molecule has 24 heavy (non-hydrogen) atoms. The lowest BCUT2D eigenvalue weighted by atomic mass is 10.1. The molecule has 0 saturated heterocycles. The van der Waals surface area contributed by atoms with Crippen LogP contribution in [0, 0.1) is 13.8 Å². The van der Waals surface area contributed by atoms with Crippen LogP contribution in [-0.2, 0) is 11.0 Å². The standard InChI is InChI=1S/C17H16ClF3N2O/c1-10-6-11(2)16(14(18)7-10)23-15(24)9-22-13-5-3-4-12(8-13)17(19,20)21/h3-8,22H,9H2,1-2H3,(H,23,24). The van der Waals surface area contributed by atoms with E-state index in [0.717, 1.165) is 23.3 Å². The van der Waals surface area contributed by atoms with Gasteiger partial charge in [-0.15, -0.1) is 0 Å². The molecule has 0 aromatic heterocycles. The van der Waals surface area contributed by atoms with Crippen LogP contribution in [0.2, 0.25) is 5.02 Å². The van der Waals surface area contributed by atoms with Gasteiger partial charge in [0.05, 0.1) is 22.8 Å². The normalized spacial score (nSPS) is 11.2. The van der Waals surface area contributed by atoms with Crippen molar-refractivity contribution >= 4 is 28.9 Å². The van der Waals surface area contributed by atoms with Crippen LogP contribution in [-0.4, -0.2) is 12.5 Å². The fourth-order valence-corrected chi connectivity index (χ4v) is 2.61. The first kappa shape index (κ1) is 18.1. The zero-order valence-electron chi connectivity index (χ0n) is 13.1. The summed E-state index contributed by atoms with van der Waals surface area (Å²) in [6, 6.07) is 8.28. The number of alkyl halides is 3. The highest BCUT2D eigenvalue weighted by Gasteiger charge is 2.30. The number of halogens is 4. The van der Waals surface area contributed by atoms with Crippen LogP contribution in [0.25, 0.3) is 0 Å². The van der Waals surface area contributed by atoms with E-state index >= 15 is 0 Å². The molecule has 2 N–H and O–H groups in total. The van der Waals surface area contributed by atoms with Gasteiger partial charge in [-0.2, -0.15) is 13.2 Å². The summed E-state index contributed by atoms with van der Waals surface area (Å²) in [6.45, 7) is 3.53. The van der Waals surface area contributed by atoms with E-state index in [4.69, 9.17) is 11.6 Å². The van der Waals surface area contributed by atoms with Crippen molar-refractivity contribution in [3.05, 3.63) is 58.1 Å². The summed E-state index contributed by atoms with van der Waals surface area (Å²) in [7, 11) is 0. The van der Waals surface area contributed by atoms with Crippen molar-refractivity contribution < 1.29 is 18.0 Å². The number of nitrogens with one attached hydrogen (secondary N) is 2. The average Bonchev–Trinajstić information content (AvgIpc) is 2.48. The minimum atomic E-state index is -4.42. The zero-order chi connectivity index (χ0) is 17.9. The smallest absolute Gasteiger partial charge is 0.376 e. The van der Waals surface area contributed by atoms with Gasteiger partial charge in [-0.25, -0.2) is 0 Å². The SMILES string of the molecule is Cc1cc(C)c(NC(=O)CNc2cccc(C(F)(F)F)c2)c(Cl)c1. The Morgan fingerprint density at radius 2 is 1.88 bits per heavy atom. The highest BCUT2D eigenvalue weighted by molar-refractivity contribution is 6.34. The molecule has 2 aromatic rings. The molecular weight excluding hydrogens is 341 g/mol. The Morgan fingerprint density at radius 1 is 1.17 bits per heavy atom. The van der Waals surface area contributed by atoms with Crippen molar-refractivity contribution in [1.82, 2.24) is 0 Å². The number of carbonyl (C=O) groups excluding carboxylic acids is 1. The number of hydrogen-bond acceptors (Lipinski definition) is 2. The molecule has 0 fully saturated rings. The molecule has 0 aliphatic heterocycles. The van der Waals surface area contributed by atoms with Crippen LogP contribution < -0.4 is 10.6 Å². The third-order valence-corrected chi connectivity index (χ3v) is 3.64. The molecular formula is C17H16ClF3N2O. The van der Waals surface area contributed by atoms with Crippen LogP contribution in [0.15, 0.2) is 36.4 Å². The van der Waals surface area contributed by atoms with Gasteiger partial charge in [0.2, 0.25) is 5.91 Å². The van der Waals surface area contributed by atoms with Crippen LogP contribution in [0.1, 0.15) is 16.7 Å². The van der Waals surface area contributed by atoms with Gasteiger partial charge < -0.3 is 10.6 Å². The van der Waals surface area contributed by atoms with E-state index < -0.39 is 17.6 Å². The molecule has 2 aromatic carbocycles. The van der Waals surface area contributed by atoms with Crippen molar-refractivity contribution in [2.45, 2.75) is 20.0 Å². The van der Waals surface area contributed by atoms with Gasteiger partial charge in [0.15, 0.2) is 0 Å². The molecule has 7 heteroatoms. The fourth-order valence-electron chi connectivity index (χ4n) is 2.25. The molecule has 0 heterocycles. The van der Waals surface area contributed by atoms with Crippen LogP contribution in [0.5, 0.6) is 0 Å². The van der Waals surface area contributed by atoms with Crippen molar-refractivity contribution in [2.24, 2.45) is 0 Å². The minimum absolute atomic E-state index is 0.176. The molecule has 0 atom stereocenters. The second-order valence-electron chi connectivity index (χ2n) is 5.42. The highest BCUT2D eigenvalue weighted by atomic mass is 35.5. The Labute approximate surface area is 142 Å². The third kappa shape index (κ3) is 4.64. The van der Waals surface area contributed by atoms with E-state index in [1.807, 2.05) is 19.9 Å². The van der Waals surface area contributed by atoms with Crippen molar-refractivity contribution in [3.63, 3.8) is 0 Å². The van der Waals surface area contributed by atoms with E-state index in [-0.39, 0.29) is 12.2 Å². The van der Waals surface area contributed by atoms with Crippen molar-refractivity contribution in [2.75, 3.05) is 17.2 Å². The number of rotatable bonds is 4. The highest BCUT2D eigenvalue weighted by Crippen LogP contribution is 2.30. The Morgan fingerprint density at radius 3 is 2.50 bits per heavy atom. The molecule has 0 bridgehead atoms. The predicted molar refractivity (Wildman–Crippen MR) is 89.5 cm³/mol. The number of aryl methyl sites for hydroxylation is 2.